The van der Waals surface area contributed by atoms with Crippen molar-refractivity contribution in [2.75, 3.05) is 0 Å². The first-order valence-electron chi connectivity index (χ1n) is 5.60. The lowest BCUT2D eigenvalue weighted by Gasteiger charge is -2.11. The highest BCUT2D eigenvalue weighted by molar-refractivity contribution is 5.75. The van der Waals surface area contributed by atoms with Crippen molar-refractivity contribution in [1.82, 2.24) is 0 Å². The average molecular weight is 244 g/mol. The van der Waals surface area contributed by atoms with Crippen LogP contribution in [0.4, 0.5) is 4.39 Å². The van der Waals surface area contributed by atoms with E-state index >= 15 is 0 Å². The van der Waals surface area contributed by atoms with Gasteiger partial charge in [0, 0.05) is 5.56 Å². The minimum absolute atomic E-state index is 0.284. The summed E-state index contributed by atoms with van der Waals surface area (Å²) in [6.45, 7) is 3.65. The van der Waals surface area contributed by atoms with Gasteiger partial charge < -0.3 is 4.74 Å². The van der Waals surface area contributed by atoms with Crippen molar-refractivity contribution in [3.05, 3.63) is 58.9 Å². The fourth-order valence-corrected chi connectivity index (χ4v) is 1.71. The maximum absolute atomic E-state index is 13.0. The van der Waals surface area contributed by atoms with Crippen LogP contribution < -0.4 is 4.74 Å². The van der Waals surface area contributed by atoms with Gasteiger partial charge in [0.2, 0.25) is 0 Å². The third-order valence-electron chi connectivity index (χ3n) is 2.69. The molecule has 0 bridgehead atoms. The predicted octanol–water partition coefficient (Wildman–Crippen LogP) is 4.05. The quantitative estimate of drug-likeness (QED) is 0.761. The Hall–Kier alpha value is -2.16. The van der Waals surface area contributed by atoms with Gasteiger partial charge in [0.05, 0.1) is 0 Å². The van der Waals surface area contributed by atoms with Crippen LogP contribution in [-0.2, 0) is 0 Å². The second-order valence-electron chi connectivity index (χ2n) is 4.15. The molecule has 0 radical (unpaired) electrons. The van der Waals surface area contributed by atoms with Crippen LogP contribution in [0, 0.1) is 19.7 Å². The van der Waals surface area contributed by atoms with Crippen molar-refractivity contribution in [1.29, 1.82) is 0 Å². The summed E-state index contributed by atoms with van der Waals surface area (Å²) in [7, 11) is 0. The Kier molecular flexibility index (Phi) is 3.42. The maximum atomic E-state index is 13.0. The van der Waals surface area contributed by atoms with Gasteiger partial charge in [-0.05, 0) is 61.4 Å². The number of benzene rings is 2. The normalized spacial score (nSPS) is 10.2. The Morgan fingerprint density at radius 1 is 1.00 bits per heavy atom. The van der Waals surface area contributed by atoms with E-state index in [0.29, 0.717) is 17.1 Å². The Labute approximate surface area is 105 Å². The van der Waals surface area contributed by atoms with Crippen LogP contribution in [0.5, 0.6) is 11.5 Å². The van der Waals surface area contributed by atoms with E-state index in [2.05, 4.69) is 0 Å². The number of hydrogen-bond acceptors (Lipinski definition) is 2. The number of carbonyl (C=O) groups excluding carboxylic acids is 1. The molecule has 2 rings (SSSR count). The number of aryl methyl sites for hydroxylation is 2. The molecule has 0 N–H and O–H groups in total. The van der Waals surface area contributed by atoms with Gasteiger partial charge in [0.15, 0.2) is 0 Å². The number of carbonyl (C=O) groups is 1. The topological polar surface area (TPSA) is 26.3 Å². The lowest BCUT2D eigenvalue weighted by atomic mass is 10.1. The second-order valence-corrected chi connectivity index (χ2v) is 4.15. The van der Waals surface area contributed by atoms with Crippen molar-refractivity contribution in [3.63, 3.8) is 0 Å². The van der Waals surface area contributed by atoms with Crippen LogP contribution in [0.25, 0.3) is 0 Å². The number of halogens is 1. The van der Waals surface area contributed by atoms with E-state index in [1.54, 1.807) is 31.2 Å². The summed E-state index contributed by atoms with van der Waals surface area (Å²) < 4.78 is 18.7. The molecule has 0 aliphatic carbocycles. The van der Waals surface area contributed by atoms with Gasteiger partial charge >= 0.3 is 0 Å². The Bertz CT molecular complexity index is 591. The lowest BCUT2D eigenvalue weighted by Crippen LogP contribution is -1.92. The van der Waals surface area contributed by atoms with E-state index in [4.69, 9.17) is 4.74 Å². The molecular formula is C15H13FO2. The van der Waals surface area contributed by atoms with E-state index in [1.807, 2.05) is 6.92 Å². The Morgan fingerprint density at radius 2 is 1.61 bits per heavy atom. The minimum atomic E-state index is -0.284. The summed E-state index contributed by atoms with van der Waals surface area (Å²) in [5.41, 5.74) is 2.20. The molecule has 0 aromatic heterocycles. The average Bonchev–Trinajstić information content (AvgIpc) is 2.34. The molecule has 2 aromatic rings. The predicted molar refractivity (Wildman–Crippen MR) is 67.8 cm³/mol. The van der Waals surface area contributed by atoms with Crippen molar-refractivity contribution in [2.24, 2.45) is 0 Å². The molecule has 0 unspecified atom stereocenters. The van der Waals surface area contributed by atoms with Crippen LogP contribution >= 0.6 is 0 Å². The largest absolute Gasteiger partial charge is 0.457 e. The van der Waals surface area contributed by atoms with Gasteiger partial charge in [-0.25, -0.2) is 4.39 Å². The van der Waals surface area contributed by atoms with Gasteiger partial charge in [-0.2, -0.15) is 0 Å². The zero-order valence-electron chi connectivity index (χ0n) is 10.2. The number of ether oxygens (including phenoxy) is 1. The van der Waals surface area contributed by atoms with Crippen molar-refractivity contribution < 1.29 is 13.9 Å². The molecule has 2 nitrogen and oxygen atoms in total. The van der Waals surface area contributed by atoms with E-state index in [0.717, 1.165) is 17.4 Å². The summed E-state index contributed by atoms with van der Waals surface area (Å²) in [5.74, 6) is 0.988. The van der Waals surface area contributed by atoms with Crippen LogP contribution in [0.3, 0.4) is 0 Å². The highest BCUT2D eigenvalue weighted by atomic mass is 19.1. The van der Waals surface area contributed by atoms with Crippen LogP contribution in [-0.4, -0.2) is 6.29 Å². The third kappa shape index (κ3) is 2.56. The molecule has 0 heterocycles. The lowest BCUT2D eigenvalue weighted by molar-refractivity contribution is 0.112. The summed E-state index contributed by atoms with van der Waals surface area (Å²) in [6.07, 6.45) is 0.792. The molecule has 0 fully saturated rings. The standard InChI is InChI=1S/C15H13FO2/c1-10-7-12(9-17)3-5-14(10)18-15-6-4-13(16)8-11(15)2/h3-9H,1-2H3. The van der Waals surface area contributed by atoms with E-state index < -0.39 is 0 Å². The molecule has 18 heavy (non-hydrogen) atoms. The third-order valence-corrected chi connectivity index (χ3v) is 2.69. The van der Waals surface area contributed by atoms with Crippen molar-refractivity contribution in [2.45, 2.75) is 13.8 Å². The number of aldehydes is 1. The first-order chi connectivity index (χ1) is 8.60. The SMILES string of the molecule is Cc1cc(F)ccc1Oc1ccc(C=O)cc1C. The molecule has 0 aliphatic heterocycles. The molecule has 0 saturated heterocycles. The van der Waals surface area contributed by atoms with E-state index in [-0.39, 0.29) is 5.82 Å². The molecule has 0 aliphatic rings. The molecule has 92 valence electrons. The fraction of sp³-hybridized carbons (Fsp3) is 0.133. The first-order valence-corrected chi connectivity index (χ1v) is 5.60. The minimum Gasteiger partial charge on any atom is -0.457 e. The second kappa shape index (κ2) is 5.00. The molecule has 0 saturated carbocycles. The van der Waals surface area contributed by atoms with Gasteiger partial charge in [-0.1, -0.05) is 0 Å². The molecule has 3 heteroatoms. The molecule has 2 aromatic carbocycles. The Balaban J connectivity index is 2.31. The molecule has 0 atom stereocenters. The van der Waals surface area contributed by atoms with Gasteiger partial charge in [-0.3, -0.25) is 4.79 Å². The summed E-state index contributed by atoms with van der Waals surface area (Å²) in [5, 5.41) is 0. The van der Waals surface area contributed by atoms with Crippen LogP contribution in [0.2, 0.25) is 0 Å². The molecule has 0 spiro atoms. The summed E-state index contributed by atoms with van der Waals surface area (Å²) >= 11 is 0. The number of rotatable bonds is 3. The highest BCUT2D eigenvalue weighted by Crippen LogP contribution is 2.28. The monoisotopic (exact) mass is 244 g/mol. The summed E-state index contributed by atoms with van der Waals surface area (Å²) in [6, 6.07) is 9.55. The first kappa shape index (κ1) is 12.3. The highest BCUT2D eigenvalue weighted by Gasteiger charge is 2.05. The van der Waals surface area contributed by atoms with Gasteiger partial charge in [-0.15, -0.1) is 0 Å². The maximum Gasteiger partial charge on any atom is 0.150 e. The van der Waals surface area contributed by atoms with Crippen LogP contribution in [0.1, 0.15) is 21.5 Å². The molecular weight excluding hydrogens is 231 g/mol. The Morgan fingerprint density at radius 3 is 2.17 bits per heavy atom. The van der Waals surface area contributed by atoms with Crippen molar-refractivity contribution in [3.8, 4) is 11.5 Å². The van der Waals surface area contributed by atoms with Crippen molar-refractivity contribution >= 4 is 6.29 Å². The zero-order chi connectivity index (χ0) is 13.1. The van der Waals surface area contributed by atoms with Gasteiger partial charge in [0.1, 0.15) is 23.6 Å². The fourth-order valence-electron chi connectivity index (χ4n) is 1.71. The van der Waals surface area contributed by atoms with Gasteiger partial charge in [0.25, 0.3) is 0 Å². The van der Waals surface area contributed by atoms with E-state index in [1.165, 1.54) is 12.1 Å². The zero-order valence-corrected chi connectivity index (χ0v) is 10.2. The van der Waals surface area contributed by atoms with E-state index in [9.17, 15) is 9.18 Å². The number of hydrogen-bond donors (Lipinski definition) is 0. The summed E-state index contributed by atoms with van der Waals surface area (Å²) in [4.78, 5) is 10.6. The smallest absolute Gasteiger partial charge is 0.150 e. The molecule has 0 amide bonds. The van der Waals surface area contributed by atoms with Crippen LogP contribution in [0.15, 0.2) is 36.4 Å².